The van der Waals surface area contributed by atoms with E-state index in [1.807, 2.05) is 43.3 Å². The van der Waals surface area contributed by atoms with Crippen LogP contribution in [0.2, 0.25) is 0 Å². The third kappa shape index (κ3) is 3.50. The average molecular weight is 389 g/mol. The lowest BCUT2D eigenvalue weighted by Crippen LogP contribution is -2.16. The molecule has 1 aliphatic heterocycles. The van der Waals surface area contributed by atoms with Crippen LogP contribution in [0.3, 0.4) is 0 Å². The molecule has 2 aromatic heterocycles. The zero-order valence-electron chi connectivity index (χ0n) is 16.0. The number of esters is 1. The number of carbonyl (C=O) groups excluding carboxylic acids is 2. The number of anilines is 1. The minimum Gasteiger partial charge on any atom is -0.462 e. The number of carbonyl (C=O) groups is 2. The number of ketones is 1. The summed E-state index contributed by atoms with van der Waals surface area (Å²) < 4.78 is 10.8. The van der Waals surface area contributed by atoms with Gasteiger partial charge in [0, 0.05) is 29.0 Å². The van der Waals surface area contributed by atoms with Gasteiger partial charge in [0.1, 0.15) is 5.65 Å². The molecule has 29 heavy (non-hydrogen) atoms. The van der Waals surface area contributed by atoms with Gasteiger partial charge in [0.05, 0.1) is 6.61 Å². The normalized spacial score (nSPS) is 15.1. The maximum Gasteiger partial charge on any atom is 0.347 e. The van der Waals surface area contributed by atoms with E-state index in [-0.39, 0.29) is 23.8 Å². The fourth-order valence-electron chi connectivity index (χ4n) is 3.08. The van der Waals surface area contributed by atoms with E-state index >= 15 is 0 Å². The van der Waals surface area contributed by atoms with Crippen molar-refractivity contribution in [2.75, 3.05) is 11.9 Å². The molecular formula is C22H19N3O4. The summed E-state index contributed by atoms with van der Waals surface area (Å²) in [5, 5.41) is 3.89. The first-order valence-electron chi connectivity index (χ1n) is 9.19. The van der Waals surface area contributed by atoms with E-state index in [1.165, 1.54) is 0 Å². The first-order valence-corrected chi connectivity index (χ1v) is 9.19. The van der Waals surface area contributed by atoms with E-state index < -0.39 is 11.8 Å². The number of pyridine rings is 1. The van der Waals surface area contributed by atoms with Crippen molar-refractivity contribution in [1.82, 2.24) is 9.97 Å². The molecule has 1 aliphatic rings. The van der Waals surface area contributed by atoms with Gasteiger partial charge >= 0.3 is 5.97 Å². The molecule has 0 saturated heterocycles. The van der Waals surface area contributed by atoms with Gasteiger partial charge in [-0.25, -0.2) is 9.78 Å². The molecule has 0 aliphatic carbocycles. The van der Waals surface area contributed by atoms with E-state index in [0.29, 0.717) is 5.65 Å². The number of allylic oxidation sites excluding steroid dienone is 1. The number of hydrogen-bond acceptors (Lipinski definition) is 6. The number of aromatic nitrogens is 2. The molecule has 0 fully saturated rings. The molecule has 1 aromatic carbocycles. The summed E-state index contributed by atoms with van der Waals surface area (Å²) in [6, 6.07) is 11.2. The van der Waals surface area contributed by atoms with Crippen molar-refractivity contribution in [3.8, 4) is 0 Å². The highest BCUT2D eigenvalue weighted by molar-refractivity contribution is 6.26. The summed E-state index contributed by atoms with van der Waals surface area (Å²) in [5.74, 6) is -1.16. The van der Waals surface area contributed by atoms with E-state index in [9.17, 15) is 9.59 Å². The number of aromatic amines is 1. The number of para-hydroxylation sites is 1. The zero-order valence-corrected chi connectivity index (χ0v) is 16.0. The Morgan fingerprint density at radius 3 is 2.90 bits per heavy atom. The Balaban J connectivity index is 1.72. The molecule has 3 aromatic rings. The summed E-state index contributed by atoms with van der Waals surface area (Å²) in [6.07, 6.45) is 5.00. The number of hydrogen-bond donors (Lipinski definition) is 2. The highest BCUT2D eigenvalue weighted by Crippen LogP contribution is 2.30. The van der Waals surface area contributed by atoms with Crippen LogP contribution in [0.4, 0.5) is 5.69 Å². The Morgan fingerprint density at radius 1 is 1.28 bits per heavy atom. The fourth-order valence-corrected chi connectivity index (χ4v) is 3.08. The van der Waals surface area contributed by atoms with Gasteiger partial charge in [-0.1, -0.05) is 18.2 Å². The summed E-state index contributed by atoms with van der Waals surface area (Å²) >= 11 is 0. The Bertz CT molecular complexity index is 1170. The minimum absolute atomic E-state index is 0.0360. The molecule has 3 heterocycles. The smallest absolute Gasteiger partial charge is 0.347 e. The predicted molar refractivity (Wildman–Crippen MR) is 109 cm³/mol. The zero-order chi connectivity index (χ0) is 20.4. The van der Waals surface area contributed by atoms with Crippen LogP contribution in [0.1, 0.15) is 18.1 Å². The lowest BCUT2D eigenvalue weighted by Gasteiger charge is -2.10. The largest absolute Gasteiger partial charge is 0.462 e. The lowest BCUT2D eigenvalue weighted by atomic mass is 10.1. The summed E-state index contributed by atoms with van der Waals surface area (Å²) in [6.45, 7) is 3.75. The van der Waals surface area contributed by atoms with Crippen LogP contribution in [0.15, 0.2) is 66.0 Å². The van der Waals surface area contributed by atoms with E-state index in [2.05, 4.69) is 15.3 Å². The van der Waals surface area contributed by atoms with Crippen molar-refractivity contribution in [3.63, 3.8) is 0 Å². The molecule has 2 N–H and O–H groups in total. The predicted octanol–water partition coefficient (Wildman–Crippen LogP) is 3.70. The third-order valence-electron chi connectivity index (χ3n) is 4.53. The molecular weight excluding hydrogens is 370 g/mol. The summed E-state index contributed by atoms with van der Waals surface area (Å²) in [7, 11) is 0. The molecule has 0 amide bonds. The fraction of sp³-hybridized carbons (Fsp3) is 0.136. The number of nitrogens with zero attached hydrogens (tertiary/aromatic N) is 1. The Labute approximate surface area is 167 Å². The van der Waals surface area contributed by atoms with Gasteiger partial charge in [-0.15, -0.1) is 0 Å². The lowest BCUT2D eigenvalue weighted by molar-refractivity contribution is -0.139. The molecule has 0 unspecified atom stereocenters. The summed E-state index contributed by atoms with van der Waals surface area (Å²) in [5.41, 5.74) is 2.95. The van der Waals surface area contributed by atoms with Crippen LogP contribution in [-0.2, 0) is 19.1 Å². The number of aryl methyl sites for hydroxylation is 1. The van der Waals surface area contributed by atoms with Crippen LogP contribution in [0.25, 0.3) is 17.1 Å². The maximum atomic E-state index is 13.0. The van der Waals surface area contributed by atoms with Gasteiger partial charge in [0.25, 0.3) is 0 Å². The SMILES string of the molecule is CCOC(=O)C1=C(Nc2ccccc2C)OC(=Cc2c[nH]c3ncccc23)C1=O. The van der Waals surface area contributed by atoms with Crippen LogP contribution in [0.5, 0.6) is 0 Å². The number of ether oxygens (including phenoxy) is 2. The Morgan fingerprint density at radius 2 is 2.10 bits per heavy atom. The topological polar surface area (TPSA) is 93.3 Å². The van der Waals surface area contributed by atoms with Gasteiger partial charge in [0.15, 0.2) is 11.3 Å². The van der Waals surface area contributed by atoms with Crippen molar-refractivity contribution >= 4 is 34.5 Å². The molecule has 0 atom stereocenters. The van der Waals surface area contributed by atoms with Gasteiger partial charge in [-0.2, -0.15) is 0 Å². The second kappa shape index (κ2) is 7.63. The van der Waals surface area contributed by atoms with E-state index in [4.69, 9.17) is 9.47 Å². The highest BCUT2D eigenvalue weighted by Gasteiger charge is 2.37. The van der Waals surface area contributed by atoms with Crippen LogP contribution >= 0.6 is 0 Å². The maximum absolute atomic E-state index is 13.0. The van der Waals surface area contributed by atoms with Crippen molar-refractivity contribution < 1.29 is 19.1 Å². The average Bonchev–Trinajstić information content (AvgIpc) is 3.25. The Kier molecular flexibility index (Phi) is 4.87. The molecule has 4 rings (SSSR count). The number of rotatable bonds is 5. The van der Waals surface area contributed by atoms with Gasteiger partial charge < -0.3 is 19.8 Å². The Hall–Kier alpha value is -3.87. The van der Waals surface area contributed by atoms with Crippen LogP contribution in [0, 0.1) is 6.92 Å². The van der Waals surface area contributed by atoms with Gasteiger partial charge in [-0.05, 0) is 43.7 Å². The van der Waals surface area contributed by atoms with Gasteiger partial charge in [-0.3, -0.25) is 4.79 Å². The van der Waals surface area contributed by atoms with Gasteiger partial charge in [0.2, 0.25) is 11.7 Å². The second-order valence-corrected chi connectivity index (χ2v) is 6.45. The van der Waals surface area contributed by atoms with E-state index in [1.54, 1.807) is 25.4 Å². The number of benzene rings is 1. The number of nitrogens with one attached hydrogen (secondary N) is 2. The molecule has 0 radical (unpaired) electrons. The summed E-state index contributed by atoms with van der Waals surface area (Å²) in [4.78, 5) is 32.7. The first kappa shape index (κ1) is 18.5. The first-order chi connectivity index (χ1) is 14.1. The number of fused-ring (bicyclic) bond motifs is 1. The standard InChI is InChI=1S/C22H19N3O4/c1-3-28-22(27)18-19(26)17(11-14-12-24-20-15(14)8-6-10-23-20)29-21(18)25-16-9-5-4-7-13(16)2/h4-12,25H,3H2,1-2H3,(H,23,24). The molecule has 0 saturated carbocycles. The number of Topliss-reactive ketones (excluding diaryl/α,β-unsaturated/α-hetero) is 1. The van der Waals surface area contributed by atoms with Crippen molar-refractivity contribution in [2.24, 2.45) is 0 Å². The highest BCUT2D eigenvalue weighted by atomic mass is 16.5. The minimum atomic E-state index is -0.724. The van der Waals surface area contributed by atoms with Crippen molar-refractivity contribution in [3.05, 3.63) is 77.1 Å². The molecule has 7 nitrogen and oxygen atoms in total. The number of H-pyrrole nitrogens is 1. The second-order valence-electron chi connectivity index (χ2n) is 6.45. The van der Waals surface area contributed by atoms with E-state index in [0.717, 1.165) is 22.2 Å². The molecule has 7 heteroatoms. The van der Waals surface area contributed by atoms with Crippen molar-refractivity contribution in [1.29, 1.82) is 0 Å². The van der Waals surface area contributed by atoms with Crippen LogP contribution < -0.4 is 5.32 Å². The monoisotopic (exact) mass is 389 g/mol. The van der Waals surface area contributed by atoms with Crippen molar-refractivity contribution in [2.45, 2.75) is 13.8 Å². The van der Waals surface area contributed by atoms with Crippen LogP contribution in [-0.4, -0.2) is 28.3 Å². The quantitative estimate of drug-likeness (QED) is 0.393. The molecule has 146 valence electrons. The molecule has 0 bridgehead atoms. The third-order valence-corrected chi connectivity index (χ3v) is 4.53. The molecule has 0 spiro atoms.